The highest BCUT2D eigenvalue weighted by Gasteiger charge is 2.31. The van der Waals surface area contributed by atoms with Crippen molar-refractivity contribution in [3.05, 3.63) is 27.7 Å². The standard InChI is InChI=1S/C14H19BrClNO/c15-12-8-11(16)4-5-13(12)17-9-14(10-18)6-2-1-3-7-14/h4-5,8,17-18H,1-3,6-7,9-10H2. The highest BCUT2D eigenvalue weighted by Crippen LogP contribution is 2.36. The molecule has 1 aromatic carbocycles. The molecule has 0 aliphatic heterocycles. The van der Waals surface area contributed by atoms with Gasteiger partial charge in [-0.05, 0) is 47.0 Å². The van der Waals surface area contributed by atoms with Crippen molar-refractivity contribution < 1.29 is 5.11 Å². The molecular formula is C14H19BrClNO. The van der Waals surface area contributed by atoms with E-state index in [0.717, 1.165) is 34.6 Å². The molecule has 0 spiro atoms. The lowest BCUT2D eigenvalue weighted by Crippen LogP contribution is -2.35. The molecule has 1 aromatic rings. The van der Waals surface area contributed by atoms with Gasteiger partial charge in [-0.3, -0.25) is 0 Å². The van der Waals surface area contributed by atoms with Crippen LogP contribution in [-0.2, 0) is 0 Å². The van der Waals surface area contributed by atoms with Crippen LogP contribution in [0.25, 0.3) is 0 Å². The topological polar surface area (TPSA) is 32.3 Å². The summed E-state index contributed by atoms with van der Waals surface area (Å²) in [5.74, 6) is 0. The summed E-state index contributed by atoms with van der Waals surface area (Å²) in [5.41, 5.74) is 1.09. The normalized spacial score (nSPS) is 18.6. The number of aliphatic hydroxyl groups excluding tert-OH is 1. The molecule has 1 aliphatic rings. The Labute approximate surface area is 122 Å². The van der Waals surface area contributed by atoms with Crippen LogP contribution in [-0.4, -0.2) is 18.3 Å². The third-order valence-electron chi connectivity index (χ3n) is 3.83. The summed E-state index contributed by atoms with van der Waals surface area (Å²) < 4.78 is 0.971. The van der Waals surface area contributed by atoms with E-state index in [4.69, 9.17) is 11.6 Å². The summed E-state index contributed by atoms with van der Waals surface area (Å²) in [4.78, 5) is 0. The van der Waals surface area contributed by atoms with Gasteiger partial charge in [-0.2, -0.15) is 0 Å². The Morgan fingerprint density at radius 3 is 2.61 bits per heavy atom. The maximum Gasteiger partial charge on any atom is 0.0504 e. The van der Waals surface area contributed by atoms with Crippen LogP contribution in [0, 0.1) is 5.41 Å². The monoisotopic (exact) mass is 331 g/mol. The SMILES string of the molecule is OCC1(CNc2ccc(Cl)cc2Br)CCCCC1. The number of anilines is 1. The second kappa shape index (κ2) is 6.27. The fraction of sp³-hybridized carbons (Fsp3) is 0.571. The summed E-state index contributed by atoms with van der Waals surface area (Å²) in [6.45, 7) is 1.09. The number of benzene rings is 1. The largest absolute Gasteiger partial charge is 0.396 e. The Balaban J connectivity index is 2.01. The Kier molecular flexibility index (Phi) is 4.93. The van der Waals surface area contributed by atoms with E-state index in [2.05, 4.69) is 21.2 Å². The van der Waals surface area contributed by atoms with Crippen LogP contribution in [0.4, 0.5) is 5.69 Å². The van der Waals surface area contributed by atoms with Gasteiger partial charge in [0.1, 0.15) is 0 Å². The van der Waals surface area contributed by atoms with Crippen molar-refractivity contribution in [3.8, 4) is 0 Å². The summed E-state index contributed by atoms with van der Waals surface area (Å²) in [7, 11) is 0. The molecule has 2 rings (SSSR count). The molecule has 0 radical (unpaired) electrons. The molecule has 1 fully saturated rings. The lowest BCUT2D eigenvalue weighted by Gasteiger charge is -2.36. The van der Waals surface area contributed by atoms with Gasteiger partial charge in [-0.25, -0.2) is 0 Å². The van der Waals surface area contributed by atoms with Crippen molar-refractivity contribution in [1.82, 2.24) is 0 Å². The number of hydrogen-bond donors (Lipinski definition) is 2. The number of halogens is 2. The lowest BCUT2D eigenvalue weighted by molar-refractivity contribution is 0.0944. The van der Waals surface area contributed by atoms with Gasteiger partial charge >= 0.3 is 0 Å². The molecular weight excluding hydrogens is 314 g/mol. The van der Waals surface area contributed by atoms with Gasteiger partial charge in [0, 0.05) is 27.1 Å². The van der Waals surface area contributed by atoms with Crippen LogP contribution in [0.1, 0.15) is 32.1 Å². The fourth-order valence-corrected chi connectivity index (χ4v) is 3.43. The smallest absolute Gasteiger partial charge is 0.0504 e. The minimum atomic E-state index is 0.0529. The summed E-state index contributed by atoms with van der Waals surface area (Å²) in [6.07, 6.45) is 5.98. The van der Waals surface area contributed by atoms with E-state index < -0.39 is 0 Å². The molecule has 18 heavy (non-hydrogen) atoms. The third kappa shape index (κ3) is 3.40. The maximum absolute atomic E-state index is 9.66. The number of rotatable bonds is 4. The van der Waals surface area contributed by atoms with E-state index in [9.17, 15) is 5.11 Å². The second-order valence-electron chi connectivity index (χ2n) is 5.20. The molecule has 1 saturated carbocycles. The molecule has 100 valence electrons. The molecule has 2 nitrogen and oxygen atoms in total. The van der Waals surface area contributed by atoms with E-state index in [1.807, 2.05) is 18.2 Å². The van der Waals surface area contributed by atoms with Crippen molar-refractivity contribution in [3.63, 3.8) is 0 Å². The molecule has 0 atom stereocenters. The van der Waals surface area contributed by atoms with Crippen molar-refractivity contribution in [2.45, 2.75) is 32.1 Å². The molecule has 1 aliphatic carbocycles. The van der Waals surface area contributed by atoms with Gasteiger partial charge in [0.05, 0.1) is 6.61 Å². The van der Waals surface area contributed by atoms with Gasteiger partial charge in [-0.15, -0.1) is 0 Å². The first-order chi connectivity index (χ1) is 8.65. The molecule has 0 amide bonds. The van der Waals surface area contributed by atoms with E-state index in [0.29, 0.717) is 0 Å². The summed E-state index contributed by atoms with van der Waals surface area (Å²) >= 11 is 9.42. The quantitative estimate of drug-likeness (QED) is 0.853. The molecule has 4 heteroatoms. The minimum Gasteiger partial charge on any atom is -0.396 e. The van der Waals surface area contributed by atoms with E-state index >= 15 is 0 Å². The van der Waals surface area contributed by atoms with Crippen LogP contribution in [0.3, 0.4) is 0 Å². The number of hydrogen-bond acceptors (Lipinski definition) is 2. The Morgan fingerprint density at radius 1 is 1.28 bits per heavy atom. The van der Waals surface area contributed by atoms with Crippen molar-refractivity contribution in [2.24, 2.45) is 5.41 Å². The van der Waals surface area contributed by atoms with Crippen LogP contribution in [0.2, 0.25) is 5.02 Å². The first-order valence-electron chi connectivity index (χ1n) is 6.45. The average Bonchev–Trinajstić information content (AvgIpc) is 2.39. The van der Waals surface area contributed by atoms with Gasteiger partial charge in [-0.1, -0.05) is 30.9 Å². The maximum atomic E-state index is 9.66. The zero-order valence-electron chi connectivity index (χ0n) is 10.4. The second-order valence-corrected chi connectivity index (χ2v) is 6.49. The van der Waals surface area contributed by atoms with Crippen LogP contribution in [0.5, 0.6) is 0 Å². The van der Waals surface area contributed by atoms with Gasteiger partial charge < -0.3 is 10.4 Å². The highest BCUT2D eigenvalue weighted by molar-refractivity contribution is 9.10. The van der Waals surface area contributed by atoms with Crippen molar-refractivity contribution in [1.29, 1.82) is 0 Å². The zero-order valence-corrected chi connectivity index (χ0v) is 12.7. The van der Waals surface area contributed by atoms with Gasteiger partial charge in [0.25, 0.3) is 0 Å². The zero-order chi connectivity index (χ0) is 13.0. The number of aliphatic hydroxyl groups is 1. The molecule has 0 heterocycles. The Bertz CT molecular complexity index is 405. The minimum absolute atomic E-state index is 0.0529. The molecule has 0 bridgehead atoms. The Morgan fingerprint density at radius 2 is 2.00 bits per heavy atom. The molecule has 2 N–H and O–H groups in total. The van der Waals surface area contributed by atoms with Crippen LogP contribution in [0.15, 0.2) is 22.7 Å². The highest BCUT2D eigenvalue weighted by atomic mass is 79.9. The predicted octanol–water partition coefficient (Wildman–Crippen LogP) is 4.46. The molecule has 0 aromatic heterocycles. The van der Waals surface area contributed by atoms with Crippen LogP contribution >= 0.6 is 27.5 Å². The molecule has 0 unspecified atom stereocenters. The predicted molar refractivity (Wildman–Crippen MR) is 80.2 cm³/mol. The van der Waals surface area contributed by atoms with E-state index in [1.165, 1.54) is 19.3 Å². The summed E-state index contributed by atoms with van der Waals surface area (Å²) in [6, 6.07) is 5.73. The van der Waals surface area contributed by atoms with E-state index in [-0.39, 0.29) is 12.0 Å². The molecule has 0 saturated heterocycles. The Hall–Kier alpha value is -0.250. The van der Waals surface area contributed by atoms with Gasteiger partial charge in [0.15, 0.2) is 0 Å². The lowest BCUT2D eigenvalue weighted by atomic mass is 9.74. The van der Waals surface area contributed by atoms with E-state index in [1.54, 1.807) is 0 Å². The fourth-order valence-electron chi connectivity index (χ4n) is 2.61. The first-order valence-corrected chi connectivity index (χ1v) is 7.62. The first kappa shape index (κ1) is 14.2. The van der Waals surface area contributed by atoms with Crippen LogP contribution < -0.4 is 5.32 Å². The third-order valence-corrected chi connectivity index (χ3v) is 4.73. The van der Waals surface area contributed by atoms with Gasteiger partial charge in [0.2, 0.25) is 0 Å². The number of nitrogens with one attached hydrogen (secondary N) is 1. The van der Waals surface area contributed by atoms with Crippen molar-refractivity contribution in [2.75, 3.05) is 18.5 Å². The van der Waals surface area contributed by atoms with Crippen molar-refractivity contribution >= 4 is 33.2 Å². The summed E-state index contributed by atoms with van der Waals surface area (Å²) in [5, 5.41) is 13.8. The average molecular weight is 333 g/mol.